The van der Waals surface area contributed by atoms with Crippen LogP contribution in [-0.4, -0.2) is 17.9 Å². The van der Waals surface area contributed by atoms with Gasteiger partial charge in [0.2, 0.25) is 0 Å². The molecule has 0 aliphatic heterocycles. The summed E-state index contributed by atoms with van der Waals surface area (Å²) in [4.78, 5) is 35.5. The molecule has 3 saturated carbocycles. The van der Waals surface area contributed by atoms with E-state index in [1.165, 1.54) is 12.0 Å². The van der Waals surface area contributed by atoms with Gasteiger partial charge in [-0.25, -0.2) is 0 Å². The number of Topliss-reactive ketones (excluding diaryl/α,β-unsaturated/α-hetero) is 1. The third-order valence-corrected chi connectivity index (χ3v) is 8.42. The lowest BCUT2D eigenvalue weighted by Crippen LogP contribution is -2.47. The zero-order chi connectivity index (χ0) is 17.8. The van der Waals surface area contributed by atoms with Crippen molar-refractivity contribution in [1.82, 2.24) is 0 Å². The fraction of sp³-hybridized carbons (Fsp3) is 0.773. The minimum atomic E-state index is -0.157. The maximum atomic E-state index is 12.5. The number of fused-ring (bicyclic) bond motifs is 5. The number of aldehydes is 1. The van der Waals surface area contributed by atoms with Crippen molar-refractivity contribution in [2.75, 3.05) is 0 Å². The molecule has 0 bridgehead atoms. The number of hydrogen-bond donors (Lipinski definition) is 0. The summed E-state index contributed by atoms with van der Waals surface area (Å²) < 4.78 is 0. The van der Waals surface area contributed by atoms with E-state index in [0.717, 1.165) is 38.5 Å². The van der Waals surface area contributed by atoms with Gasteiger partial charge in [-0.05, 0) is 79.6 Å². The van der Waals surface area contributed by atoms with Crippen LogP contribution in [0.4, 0.5) is 0 Å². The van der Waals surface area contributed by atoms with E-state index in [9.17, 15) is 14.4 Å². The van der Waals surface area contributed by atoms with Gasteiger partial charge in [0, 0.05) is 12.3 Å². The Morgan fingerprint density at radius 2 is 2.04 bits per heavy atom. The molecule has 0 spiro atoms. The fourth-order valence-corrected chi connectivity index (χ4v) is 7.39. The highest BCUT2D eigenvalue weighted by atomic mass is 16.2. The van der Waals surface area contributed by atoms with Crippen LogP contribution >= 0.6 is 0 Å². The summed E-state index contributed by atoms with van der Waals surface area (Å²) in [6.07, 6.45) is 10.8. The van der Waals surface area contributed by atoms with Crippen LogP contribution in [0.1, 0.15) is 65.2 Å². The summed E-state index contributed by atoms with van der Waals surface area (Å²) in [5.41, 5.74) is 1.41. The highest BCUT2D eigenvalue weighted by molar-refractivity contribution is 6.26. The van der Waals surface area contributed by atoms with E-state index in [1.807, 2.05) is 6.08 Å². The largest absolute Gasteiger partial charge is 0.295 e. The summed E-state index contributed by atoms with van der Waals surface area (Å²) >= 11 is 0. The number of rotatable bonds is 3. The molecule has 4 rings (SSSR count). The van der Waals surface area contributed by atoms with Crippen LogP contribution < -0.4 is 0 Å². The Balaban J connectivity index is 1.65. The SMILES string of the molecule is CC[C@@H]1C[C@H]2[C@@H]3CCC4=CC(=O)CC[C@@H]4[C@H]3CC[C@]2(C)[C@H]1C(=O)C=O. The Bertz CT molecular complexity index is 633. The average Bonchev–Trinajstić information content (AvgIpc) is 2.93. The topological polar surface area (TPSA) is 51.2 Å². The number of hydrogen-bond acceptors (Lipinski definition) is 3. The summed E-state index contributed by atoms with van der Waals surface area (Å²) in [5.74, 6) is 3.00. The predicted molar refractivity (Wildman–Crippen MR) is 95.8 cm³/mol. The molecule has 0 amide bonds. The average molecular weight is 342 g/mol. The van der Waals surface area contributed by atoms with E-state index in [1.54, 1.807) is 0 Å². The van der Waals surface area contributed by atoms with Crippen LogP contribution in [0.2, 0.25) is 0 Å². The maximum Gasteiger partial charge on any atom is 0.199 e. The zero-order valence-electron chi connectivity index (χ0n) is 15.5. The maximum absolute atomic E-state index is 12.5. The van der Waals surface area contributed by atoms with Crippen LogP contribution in [0.15, 0.2) is 11.6 Å². The van der Waals surface area contributed by atoms with Crippen molar-refractivity contribution in [3.63, 3.8) is 0 Å². The van der Waals surface area contributed by atoms with Crippen molar-refractivity contribution in [1.29, 1.82) is 0 Å². The van der Waals surface area contributed by atoms with E-state index >= 15 is 0 Å². The molecule has 0 radical (unpaired) electrons. The Morgan fingerprint density at radius 3 is 2.76 bits per heavy atom. The van der Waals surface area contributed by atoms with Crippen molar-refractivity contribution in [2.24, 2.45) is 40.9 Å². The van der Waals surface area contributed by atoms with Gasteiger partial charge in [0.15, 0.2) is 17.9 Å². The zero-order valence-corrected chi connectivity index (χ0v) is 15.5. The first-order valence-electron chi connectivity index (χ1n) is 10.2. The van der Waals surface area contributed by atoms with E-state index in [2.05, 4.69) is 13.8 Å². The minimum Gasteiger partial charge on any atom is -0.295 e. The minimum absolute atomic E-state index is 0.00550. The first kappa shape index (κ1) is 17.2. The molecule has 4 aliphatic rings. The second kappa shape index (κ2) is 6.17. The highest BCUT2D eigenvalue weighted by Crippen LogP contribution is 2.65. The summed E-state index contributed by atoms with van der Waals surface area (Å²) in [6, 6.07) is 0. The lowest BCUT2D eigenvalue weighted by atomic mass is 9.51. The molecule has 4 aliphatic carbocycles. The number of carbonyl (C=O) groups excluding carboxylic acids is 3. The van der Waals surface area contributed by atoms with Gasteiger partial charge in [-0.1, -0.05) is 25.8 Å². The standard InChI is InChI=1S/C22H30O3/c1-3-13-11-19-18-6-4-14-10-15(24)5-7-16(14)17(18)8-9-22(19,2)21(13)20(25)12-23/h10,12-13,16-19,21H,3-9,11H2,1-2H3/t13-,16+,17-,18-,19+,21-,22+/m1/s1. The van der Waals surface area contributed by atoms with Crippen molar-refractivity contribution in [2.45, 2.75) is 65.2 Å². The van der Waals surface area contributed by atoms with Crippen LogP contribution in [0.3, 0.4) is 0 Å². The van der Waals surface area contributed by atoms with E-state index in [0.29, 0.717) is 48.1 Å². The lowest BCUT2D eigenvalue weighted by molar-refractivity contribution is -0.138. The van der Waals surface area contributed by atoms with Crippen molar-refractivity contribution >= 4 is 17.9 Å². The van der Waals surface area contributed by atoms with Gasteiger partial charge in [-0.3, -0.25) is 14.4 Å². The van der Waals surface area contributed by atoms with Gasteiger partial charge < -0.3 is 0 Å². The van der Waals surface area contributed by atoms with E-state index < -0.39 is 0 Å². The number of ketones is 2. The molecule has 3 nitrogen and oxygen atoms in total. The highest BCUT2D eigenvalue weighted by Gasteiger charge is 2.60. The molecule has 7 atom stereocenters. The molecule has 0 aromatic heterocycles. The second-order valence-electron chi connectivity index (χ2n) is 9.25. The summed E-state index contributed by atoms with van der Waals surface area (Å²) in [5, 5.41) is 0. The van der Waals surface area contributed by atoms with Gasteiger partial charge in [0.05, 0.1) is 0 Å². The van der Waals surface area contributed by atoms with Crippen LogP contribution in [0, 0.1) is 40.9 Å². The van der Waals surface area contributed by atoms with Gasteiger partial charge >= 0.3 is 0 Å². The number of carbonyl (C=O) groups is 3. The quantitative estimate of drug-likeness (QED) is 0.572. The van der Waals surface area contributed by atoms with Crippen molar-refractivity contribution in [3.8, 4) is 0 Å². The van der Waals surface area contributed by atoms with Crippen molar-refractivity contribution in [3.05, 3.63) is 11.6 Å². The predicted octanol–water partition coefficient (Wildman–Crippen LogP) is 4.15. The molecule has 0 saturated heterocycles. The second-order valence-corrected chi connectivity index (χ2v) is 9.25. The summed E-state index contributed by atoms with van der Waals surface area (Å²) in [7, 11) is 0. The molecule has 136 valence electrons. The lowest BCUT2D eigenvalue weighted by Gasteiger charge is -2.53. The van der Waals surface area contributed by atoms with E-state index in [4.69, 9.17) is 0 Å². The number of allylic oxidation sites excluding steroid dienone is 1. The Hall–Kier alpha value is -1.25. The van der Waals surface area contributed by atoms with E-state index in [-0.39, 0.29) is 17.1 Å². The van der Waals surface area contributed by atoms with Gasteiger partial charge in [0.25, 0.3) is 0 Å². The molecule has 0 aromatic carbocycles. The third kappa shape index (κ3) is 2.49. The molecular weight excluding hydrogens is 312 g/mol. The molecule has 25 heavy (non-hydrogen) atoms. The van der Waals surface area contributed by atoms with Gasteiger partial charge in [-0.2, -0.15) is 0 Å². The molecule has 0 heterocycles. The third-order valence-electron chi connectivity index (χ3n) is 8.42. The Labute approximate surface area is 150 Å². The fourth-order valence-electron chi connectivity index (χ4n) is 7.39. The first-order valence-corrected chi connectivity index (χ1v) is 10.2. The Kier molecular flexibility index (Phi) is 4.24. The molecule has 0 aromatic rings. The molecule has 0 unspecified atom stereocenters. The van der Waals surface area contributed by atoms with Crippen LogP contribution in [0.25, 0.3) is 0 Å². The molecule has 3 heteroatoms. The van der Waals surface area contributed by atoms with Crippen LogP contribution in [0.5, 0.6) is 0 Å². The van der Waals surface area contributed by atoms with Gasteiger partial charge in [-0.15, -0.1) is 0 Å². The Morgan fingerprint density at radius 1 is 1.24 bits per heavy atom. The first-order chi connectivity index (χ1) is 12.0. The molecular formula is C22H30O3. The molecule has 3 fully saturated rings. The van der Waals surface area contributed by atoms with Crippen molar-refractivity contribution < 1.29 is 14.4 Å². The molecule has 0 N–H and O–H groups in total. The van der Waals surface area contributed by atoms with Crippen LogP contribution in [-0.2, 0) is 14.4 Å². The monoisotopic (exact) mass is 342 g/mol. The smallest absolute Gasteiger partial charge is 0.199 e. The van der Waals surface area contributed by atoms with Gasteiger partial charge in [0.1, 0.15) is 0 Å². The summed E-state index contributed by atoms with van der Waals surface area (Å²) in [6.45, 7) is 4.47. The normalized spacial score (nSPS) is 45.8.